The molecule has 3 heteroatoms. The standard InChI is InChI=1S/C17H29NO2/c1-16(2)10-14(9-15(18)12-16)13-3-6-20-17(11-13)4-7-19-8-5-17/h9,13,15H,3-8,10-12,18H2,1-2H3. The second-order valence-electron chi connectivity index (χ2n) is 7.78. The molecule has 1 spiro atoms. The van der Waals surface area contributed by atoms with Gasteiger partial charge in [-0.2, -0.15) is 0 Å². The fraction of sp³-hybridized carbons (Fsp3) is 0.882. The lowest BCUT2D eigenvalue weighted by atomic mass is 9.68. The van der Waals surface area contributed by atoms with E-state index in [1.807, 2.05) is 0 Å². The first-order valence-corrected chi connectivity index (χ1v) is 8.16. The van der Waals surface area contributed by atoms with E-state index >= 15 is 0 Å². The van der Waals surface area contributed by atoms with Crippen molar-refractivity contribution < 1.29 is 9.47 Å². The van der Waals surface area contributed by atoms with Crippen molar-refractivity contribution in [2.24, 2.45) is 17.1 Å². The van der Waals surface area contributed by atoms with Crippen molar-refractivity contribution in [1.82, 2.24) is 0 Å². The van der Waals surface area contributed by atoms with Gasteiger partial charge >= 0.3 is 0 Å². The summed E-state index contributed by atoms with van der Waals surface area (Å²) in [7, 11) is 0. The van der Waals surface area contributed by atoms with E-state index in [4.69, 9.17) is 15.2 Å². The van der Waals surface area contributed by atoms with Gasteiger partial charge in [-0.05, 0) is 49.9 Å². The Morgan fingerprint density at radius 3 is 2.60 bits per heavy atom. The fourth-order valence-corrected chi connectivity index (χ4v) is 4.37. The molecular formula is C17H29NO2. The molecule has 20 heavy (non-hydrogen) atoms. The van der Waals surface area contributed by atoms with Crippen LogP contribution in [0.15, 0.2) is 11.6 Å². The molecule has 0 saturated carbocycles. The maximum atomic E-state index is 6.25. The average Bonchev–Trinajstić information content (AvgIpc) is 2.37. The summed E-state index contributed by atoms with van der Waals surface area (Å²) in [6, 6.07) is 0.238. The molecule has 0 bridgehead atoms. The normalized spacial score (nSPS) is 36.6. The van der Waals surface area contributed by atoms with Crippen LogP contribution in [0.25, 0.3) is 0 Å². The number of allylic oxidation sites excluding steroid dienone is 1. The molecular weight excluding hydrogens is 250 g/mol. The van der Waals surface area contributed by atoms with Crippen molar-refractivity contribution in [3.63, 3.8) is 0 Å². The lowest BCUT2D eigenvalue weighted by Crippen LogP contribution is -2.45. The van der Waals surface area contributed by atoms with Crippen molar-refractivity contribution in [2.45, 2.75) is 64.0 Å². The first-order valence-electron chi connectivity index (χ1n) is 8.16. The summed E-state index contributed by atoms with van der Waals surface area (Å²) in [6.45, 7) is 7.32. The molecule has 3 aliphatic rings. The van der Waals surface area contributed by atoms with Crippen molar-refractivity contribution in [3.05, 3.63) is 11.6 Å². The first-order chi connectivity index (χ1) is 9.48. The van der Waals surface area contributed by atoms with Gasteiger partial charge < -0.3 is 15.2 Å². The SMILES string of the molecule is CC1(C)CC(C2CCOC3(CCOCC3)C2)=CC(N)C1. The van der Waals surface area contributed by atoms with Crippen LogP contribution in [0.3, 0.4) is 0 Å². The third kappa shape index (κ3) is 3.10. The Hall–Kier alpha value is -0.380. The smallest absolute Gasteiger partial charge is 0.0732 e. The minimum absolute atomic E-state index is 0.0910. The topological polar surface area (TPSA) is 44.5 Å². The molecule has 0 radical (unpaired) electrons. The number of rotatable bonds is 1. The Kier molecular flexibility index (Phi) is 3.95. The van der Waals surface area contributed by atoms with Crippen LogP contribution in [0, 0.1) is 11.3 Å². The second kappa shape index (κ2) is 5.43. The van der Waals surface area contributed by atoms with Gasteiger partial charge in [0.15, 0.2) is 0 Å². The molecule has 2 atom stereocenters. The maximum Gasteiger partial charge on any atom is 0.0732 e. The van der Waals surface area contributed by atoms with Crippen LogP contribution in [0.5, 0.6) is 0 Å². The van der Waals surface area contributed by atoms with Gasteiger partial charge in [0.1, 0.15) is 0 Å². The number of ether oxygens (including phenoxy) is 2. The van der Waals surface area contributed by atoms with E-state index in [2.05, 4.69) is 19.9 Å². The molecule has 3 nitrogen and oxygen atoms in total. The van der Waals surface area contributed by atoms with E-state index in [9.17, 15) is 0 Å². The van der Waals surface area contributed by atoms with Crippen molar-refractivity contribution in [2.75, 3.05) is 19.8 Å². The Morgan fingerprint density at radius 1 is 1.15 bits per heavy atom. The van der Waals surface area contributed by atoms with Crippen LogP contribution in [-0.4, -0.2) is 31.5 Å². The zero-order chi connectivity index (χ0) is 14.2. The Balaban J connectivity index is 1.73. The molecule has 2 fully saturated rings. The molecule has 0 aromatic rings. The minimum atomic E-state index is 0.0910. The molecule has 2 aliphatic heterocycles. The number of hydrogen-bond donors (Lipinski definition) is 1. The molecule has 0 aromatic carbocycles. The molecule has 2 unspecified atom stereocenters. The van der Waals surface area contributed by atoms with Crippen LogP contribution < -0.4 is 5.73 Å². The van der Waals surface area contributed by atoms with Gasteiger partial charge in [0.05, 0.1) is 5.60 Å². The molecule has 1 aliphatic carbocycles. The van der Waals surface area contributed by atoms with Gasteiger partial charge in [0, 0.05) is 25.9 Å². The first kappa shape index (κ1) is 14.6. The van der Waals surface area contributed by atoms with Gasteiger partial charge in [-0.1, -0.05) is 25.5 Å². The van der Waals surface area contributed by atoms with Gasteiger partial charge in [-0.15, -0.1) is 0 Å². The average molecular weight is 279 g/mol. The molecule has 3 rings (SSSR count). The second-order valence-corrected chi connectivity index (χ2v) is 7.78. The van der Waals surface area contributed by atoms with E-state index in [0.717, 1.165) is 45.5 Å². The summed E-state index contributed by atoms with van der Waals surface area (Å²) in [5.74, 6) is 0.674. The highest BCUT2D eigenvalue weighted by atomic mass is 16.5. The Morgan fingerprint density at radius 2 is 1.90 bits per heavy atom. The summed E-state index contributed by atoms with van der Waals surface area (Å²) < 4.78 is 11.7. The summed E-state index contributed by atoms with van der Waals surface area (Å²) >= 11 is 0. The fourth-order valence-electron chi connectivity index (χ4n) is 4.37. The van der Waals surface area contributed by atoms with Gasteiger partial charge in [0.2, 0.25) is 0 Å². The van der Waals surface area contributed by atoms with Gasteiger partial charge in [-0.3, -0.25) is 0 Å². The predicted octanol–water partition coefficient (Wildman–Crippen LogP) is 3.04. The third-order valence-corrected chi connectivity index (χ3v) is 5.32. The van der Waals surface area contributed by atoms with Crippen LogP contribution in [0.4, 0.5) is 0 Å². The molecule has 2 N–H and O–H groups in total. The maximum absolute atomic E-state index is 6.25. The van der Waals surface area contributed by atoms with E-state index < -0.39 is 0 Å². The van der Waals surface area contributed by atoms with E-state index in [-0.39, 0.29) is 11.6 Å². The highest BCUT2D eigenvalue weighted by Crippen LogP contribution is 2.45. The Bertz CT molecular complexity index is 377. The van der Waals surface area contributed by atoms with Gasteiger partial charge in [0.25, 0.3) is 0 Å². The molecule has 0 amide bonds. The molecule has 2 heterocycles. The van der Waals surface area contributed by atoms with E-state index in [0.29, 0.717) is 11.3 Å². The quantitative estimate of drug-likeness (QED) is 0.750. The molecule has 0 aromatic heterocycles. The summed E-state index contributed by atoms with van der Waals surface area (Å²) in [5, 5.41) is 0. The van der Waals surface area contributed by atoms with E-state index in [1.165, 1.54) is 12.8 Å². The predicted molar refractivity (Wildman–Crippen MR) is 80.5 cm³/mol. The van der Waals surface area contributed by atoms with Crippen molar-refractivity contribution in [1.29, 1.82) is 0 Å². The van der Waals surface area contributed by atoms with Crippen LogP contribution >= 0.6 is 0 Å². The van der Waals surface area contributed by atoms with Crippen molar-refractivity contribution in [3.8, 4) is 0 Å². The van der Waals surface area contributed by atoms with Gasteiger partial charge in [-0.25, -0.2) is 0 Å². The van der Waals surface area contributed by atoms with E-state index in [1.54, 1.807) is 5.57 Å². The Labute approximate surface area is 122 Å². The molecule has 114 valence electrons. The third-order valence-electron chi connectivity index (χ3n) is 5.32. The number of nitrogens with two attached hydrogens (primary N) is 1. The zero-order valence-electron chi connectivity index (χ0n) is 13.0. The van der Waals surface area contributed by atoms with Crippen LogP contribution in [-0.2, 0) is 9.47 Å². The zero-order valence-corrected chi connectivity index (χ0v) is 13.0. The molecule has 2 saturated heterocycles. The lowest BCUT2D eigenvalue weighted by Gasteiger charge is -2.45. The van der Waals surface area contributed by atoms with Crippen molar-refractivity contribution >= 4 is 0 Å². The highest BCUT2D eigenvalue weighted by molar-refractivity contribution is 5.18. The van der Waals surface area contributed by atoms with Crippen LogP contribution in [0.2, 0.25) is 0 Å². The summed E-state index contributed by atoms with van der Waals surface area (Å²) in [6.07, 6.45) is 9.13. The lowest BCUT2D eigenvalue weighted by molar-refractivity contribution is -0.143. The summed E-state index contributed by atoms with van der Waals surface area (Å²) in [4.78, 5) is 0. The summed E-state index contributed by atoms with van der Waals surface area (Å²) in [5.41, 5.74) is 8.29. The van der Waals surface area contributed by atoms with Crippen LogP contribution in [0.1, 0.15) is 52.4 Å². The number of hydrogen-bond acceptors (Lipinski definition) is 3. The largest absolute Gasteiger partial charge is 0.381 e. The minimum Gasteiger partial charge on any atom is -0.381 e. The highest BCUT2D eigenvalue weighted by Gasteiger charge is 2.41. The monoisotopic (exact) mass is 279 g/mol.